The molecular formula is C30H28N4O6. The zero-order valence-corrected chi connectivity index (χ0v) is 22.6. The van der Waals surface area contributed by atoms with Crippen LogP contribution in [0.4, 0.5) is 5.69 Å². The maximum Gasteiger partial charge on any atom is 0.315 e. The van der Waals surface area contributed by atoms with Crippen molar-refractivity contribution in [3.63, 3.8) is 0 Å². The number of fused-ring (bicyclic) bond motifs is 2. The number of hydrogen-bond donors (Lipinski definition) is 0. The van der Waals surface area contributed by atoms with E-state index in [1.807, 2.05) is 45.0 Å². The van der Waals surface area contributed by atoms with Crippen molar-refractivity contribution < 1.29 is 18.8 Å². The van der Waals surface area contributed by atoms with Gasteiger partial charge in [0.25, 0.3) is 5.56 Å². The van der Waals surface area contributed by atoms with Crippen molar-refractivity contribution in [1.82, 2.24) is 9.66 Å². The van der Waals surface area contributed by atoms with E-state index < -0.39 is 10.5 Å². The number of nitrogens with zero attached hydrogens (tertiary/aromatic N) is 4. The van der Waals surface area contributed by atoms with Gasteiger partial charge in [-0.15, -0.1) is 0 Å². The first-order chi connectivity index (χ1) is 19.1. The van der Waals surface area contributed by atoms with Crippen molar-refractivity contribution in [2.45, 2.75) is 27.7 Å². The molecule has 0 unspecified atom stereocenters. The average molecular weight is 541 g/mol. The van der Waals surface area contributed by atoms with Gasteiger partial charge < -0.3 is 13.9 Å². The first-order valence-corrected chi connectivity index (χ1v) is 12.8. The van der Waals surface area contributed by atoms with Crippen molar-refractivity contribution in [3.8, 4) is 23.1 Å². The lowest BCUT2D eigenvalue weighted by Gasteiger charge is -2.20. The van der Waals surface area contributed by atoms with E-state index in [4.69, 9.17) is 13.9 Å². The van der Waals surface area contributed by atoms with E-state index in [1.165, 1.54) is 12.3 Å². The Morgan fingerprint density at radius 2 is 1.82 bits per heavy atom. The van der Waals surface area contributed by atoms with Gasteiger partial charge in [0, 0.05) is 17.0 Å². The summed E-state index contributed by atoms with van der Waals surface area (Å²) in [4.78, 5) is 29.7. The lowest BCUT2D eigenvalue weighted by molar-refractivity contribution is -0.386. The Balaban J connectivity index is 1.65. The highest BCUT2D eigenvalue weighted by atomic mass is 16.6. The Kier molecular flexibility index (Phi) is 7.08. The smallest absolute Gasteiger partial charge is 0.315 e. The Hall–Kier alpha value is -4.99. The molecule has 40 heavy (non-hydrogen) atoms. The normalized spacial score (nSPS) is 11.9. The van der Waals surface area contributed by atoms with Crippen LogP contribution in [-0.2, 0) is 0 Å². The molecule has 0 saturated carbocycles. The Morgan fingerprint density at radius 3 is 2.55 bits per heavy atom. The van der Waals surface area contributed by atoms with E-state index in [1.54, 1.807) is 43.3 Å². The quantitative estimate of drug-likeness (QED) is 0.126. The summed E-state index contributed by atoms with van der Waals surface area (Å²) in [5, 5.41) is 17.6. The lowest BCUT2D eigenvalue weighted by Crippen LogP contribution is -2.20. The molecule has 10 heteroatoms. The van der Waals surface area contributed by atoms with Crippen LogP contribution >= 0.6 is 0 Å². The highest BCUT2D eigenvalue weighted by molar-refractivity contribution is 5.85. The summed E-state index contributed by atoms with van der Waals surface area (Å²) in [5.74, 6) is 0.809. The zero-order valence-electron chi connectivity index (χ0n) is 22.6. The predicted octanol–water partition coefficient (Wildman–Crippen LogP) is 6.42. The van der Waals surface area contributed by atoms with Gasteiger partial charge in [-0.25, -0.2) is 4.98 Å². The van der Waals surface area contributed by atoms with Crippen LogP contribution in [0.1, 0.15) is 33.3 Å². The summed E-state index contributed by atoms with van der Waals surface area (Å²) in [7, 11) is 0. The first-order valence-electron chi connectivity index (χ1n) is 12.8. The molecule has 0 aliphatic carbocycles. The molecule has 0 spiro atoms. The van der Waals surface area contributed by atoms with Crippen LogP contribution < -0.4 is 15.0 Å². The van der Waals surface area contributed by atoms with Crippen molar-refractivity contribution in [1.29, 1.82) is 0 Å². The molecule has 3 aromatic carbocycles. The van der Waals surface area contributed by atoms with Gasteiger partial charge in [0.15, 0.2) is 11.5 Å². The molecule has 0 fully saturated rings. The van der Waals surface area contributed by atoms with E-state index in [9.17, 15) is 14.9 Å². The third-order valence-corrected chi connectivity index (χ3v) is 5.93. The zero-order chi connectivity index (χ0) is 28.4. The maximum absolute atomic E-state index is 13.6. The van der Waals surface area contributed by atoms with Crippen molar-refractivity contribution in [2.75, 3.05) is 13.2 Å². The molecule has 5 aromatic rings. The highest BCUT2D eigenvalue weighted by Gasteiger charge is 2.25. The van der Waals surface area contributed by atoms with Gasteiger partial charge in [0.1, 0.15) is 5.58 Å². The highest BCUT2D eigenvalue weighted by Crippen LogP contribution is 2.39. The molecular weight excluding hydrogens is 512 g/mol. The van der Waals surface area contributed by atoms with Gasteiger partial charge in [-0.3, -0.25) is 14.9 Å². The molecule has 0 radical (unpaired) electrons. The minimum Gasteiger partial charge on any atom is -0.490 e. The third kappa shape index (κ3) is 5.42. The summed E-state index contributed by atoms with van der Waals surface area (Å²) in [6.07, 6.45) is 1.35. The van der Waals surface area contributed by atoms with Gasteiger partial charge in [-0.05, 0) is 42.7 Å². The molecule has 0 bridgehead atoms. The van der Waals surface area contributed by atoms with E-state index >= 15 is 0 Å². The fourth-order valence-electron chi connectivity index (χ4n) is 4.12. The summed E-state index contributed by atoms with van der Waals surface area (Å²) in [6.45, 7) is 8.20. The number of nitro groups is 1. The van der Waals surface area contributed by atoms with Crippen LogP contribution in [-0.4, -0.2) is 34.0 Å². The third-order valence-electron chi connectivity index (χ3n) is 5.93. The Bertz CT molecular complexity index is 1780. The number of rotatable bonds is 8. The van der Waals surface area contributed by atoms with Crippen LogP contribution in [0.5, 0.6) is 11.5 Å². The summed E-state index contributed by atoms with van der Waals surface area (Å²) in [6, 6.07) is 19.1. The summed E-state index contributed by atoms with van der Waals surface area (Å²) >= 11 is 0. The SMILES string of the molecule is CCOc1cc(C=Nn2c(-c3cc4ccccc4o3)nc3ccccc3c2=O)cc([N+](=O)[O-])c1OCC(C)(C)C. The molecule has 0 amide bonds. The molecule has 10 nitrogen and oxygen atoms in total. The fraction of sp³-hybridized carbons (Fsp3) is 0.233. The molecule has 0 aliphatic rings. The Morgan fingerprint density at radius 1 is 1.07 bits per heavy atom. The molecule has 5 rings (SSSR count). The molecule has 0 atom stereocenters. The second kappa shape index (κ2) is 10.6. The number of furan rings is 1. The number of aromatic nitrogens is 2. The number of nitro benzene ring substituents is 1. The van der Waals surface area contributed by atoms with Gasteiger partial charge in [-0.1, -0.05) is 51.1 Å². The number of hydrogen-bond acceptors (Lipinski definition) is 8. The van der Waals surface area contributed by atoms with Crippen LogP contribution in [0.25, 0.3) is 33.5 Å². The Labute approximate surface area is 229 Å². The molecule has 0 N–H and O–H groups in total. The van der Waals surface area contributed by atoms with Crippen molar-refractivity contribution >= 4 is 33.8 Å². The van der Waals surface area contributed by atoms with Crippen LogP contribution in [0.15, 0.2) is 81.0 Å². The summed E-state index contributed by atoms with van der Waals surface area (Å²) < 4.78 is 18.7. The molecule has 2 heterocycles. The largest absolute Gasteiger partial charge is 0.490 e. The minimum absolute atomic E-state index is 0.0476. The van der Waals surface area contributed by atoms with Gasteiger partial charge in [0.05, 0.1) is 35.3 Å². The van der Waals surface area contributed by atoms with Gasteiger partial charge in [-0.2, -0.15) is 9.78 Å². The van der Waals surface area contributed by atoms with E-state index in [2.05, 4.69) is 10.1 Å². The molecule has 204 valence electrons. The standard InChI is InChI=1S/C30H28N4O6/c1-5-38-25-15-19(14-23(34(36)37)27(25)39-18-30(2,3)4)17-31-33-28(26-16-20-10-6-9-13-24(20)40-26)32-22-12-8-7-11-21(22)29(33)35/h6-17H,5,18H2,1-4H3. The number of ether oxygens (including phenoxy) is 2. The monoisotopic (exact) mass is 540 g/mol. The van der Waals surface area contributed by atoms with E-state index in [-0.39, 0.29) is 41.6 Å². The maximum atomic E-state index is 13.6. The molecule has 0 aliphatic heterocycles. The van der Waals surface area contributed by atoms with E-state index in [0.29, 0.717) is 27.8 Å². The minimum atomic E-state index is -0.526. The van der Waals surface area contributed by atoms with Crippen molar-refractivity contribution in [3.05, 3.63) is 92.8 Å². The molecule has 0 saturated heterocycles. The van der Waals surface area contributed by atoms with Gasteiger partial charge >= 0.3 is 5.69 Å². The summed E-state index contributed by atoms with van der Waals surface area (Å²) in [5.41, 5.74) is 0.561. The average Bonchev–Trinajstić information content (AvgIpc) is 3.35. The van der Waals surface area contributed by atoms with Crippen molar-refractivity contribution in [2.24, 2.45) is 10.5 Å². The topological polar surface area (TPSA) is 122 Å². The molecule has 2 aromatic heterocycles. The number of benzene rings is 3. The van der Waals surface area contributed by atoms with Crippen LogP contribution in [0, 0.1) is 15.5 Å². The fourth-order valence-corrected chi connectivity index (χ4v) is 4.12. The van der Waals surface area contributed by atoms with E-state index in [0.717, 1.165) is 10.1 Å². The van der Waals surface area contributed by atoms with Crippen LogP contribution in [0.3, 0.4) is 0 Å². The number of para-hydroxylation sites is 2. The predicted molar refractivity (Wildman–Crippen MR) is 153 cm³/mol. The second-order valence-corrected chi connectivity index (χ2v) is 10.4. The van der Waals surface area contributed by atoms with Gasteiger partial charge in [0.2, 0.25) is 11.6 Å². The second-order valence-electron chi connectivity index (χ2n) is 10.4. The lowest BCUT2D eigenvalue weighted by atomic mass is 9.98. The first kappa shape index (κ1) is 26.6. The van der Waals surface area contributed by atoms with Crippen LogP contribution in [0.2, 0.25) is 0 Å².